The second-order valence-corrected chi connectivity index (χ2v) is 5.51. The summed E-state index contributed by atoms with van der Waals surface area (Å²) in [6.07, 6.45) is 6.57. The summed E-state index contributed by atoms with van der Waals surface area (Å²) in [4.78, 5) is 0. The molecule has 0 amide bonds. The maximum Gasteiger partial charge on any atom is 0.137 e. The summed E-state index contributed by atoms with van der Waals surface area (Å²) in [6.45, 7) is 0. The Labute approximate surface area is 108 Å². The van der Waals surface area contributed by atoms with Crippen LogP contribution in [0.1, 0.15) is 43.2 Å². The van der Waals surface area contributed by atoms with Crippen LogP contribution in [0.4, 0.5) is 0 Å². The van der Waals surface area contributed by atoms with Crippen LogP contribution in [-0.2, 0) is 6.42 Å². The molecule has 1 aromatic rings. The third-order valence-corrected chi connectivity index (χ3v) is 4.49. The third-order valence-electron chi connectivity index (χ3n) is 4.49. The van der Waals surface area contributed by atoms with Crippen molar-refractivity contribution in [2.24, 2.45) is 5.41 Å². The first-order valence-corrected chi connectivity index (χ1v) is 6.69. The Kier molecular flexibility index (Phi) is 2.63. The van der Waals surface area contributed by atoms with E-state index >= 15 is 0 Å². The Balaban J connectivity index is 2.16. The molecular weight excluding hydrogens is 222 g/mol. The molecule has 0 atom stereocenters. The lowest BCUT2D eigenvalue weighted by molar-refractivity contribution is 0.236. The molecule has 1 fully saturated rings. The molecule has 92 valence electrons. The maximum atomic E-state index is 10.4. The second-order valence-electron chi connectivity index (χ2n) is 5.51. The fraction of sp³-hybridized carbons (Fsp3) is 0.438. The van der Waals surface area contributed by atoms with Gasteiger partial charge in [0, 0.05) is 11.0 Å². The average molecular weight is 239 g/mol. The van der Waals surface area contributed by atoms with Gasteiger partial charge in [-0.2, -0.15) is 5.26 Å². The molecule has 2 aliphatic carbocycles. The standard InChI is InChI=1S/C16H17NO/c17-11-14-15(18)13-7-3-2-6-12(13)10-16(14)8-4-1-5-9-16/h2-3,6-7,18H,1,4-5,8-10H2. The first-order chi connectivity index (χ1) is 8.77. The monoisotopic (exact) mass is 239 g/mol. The zero-order valence-electron chi connectivity index (χ0n) is 10.4. The molecule has 0 radical (unpaired) electrons. The molecule has 18 heavy (non-hydrogen) atoms. The van der Waals surface area contributed by atoms with Gasteiger partial charge in [-0.3, -0.25) is 0 Å². The number of nitrogens with zero attached hydrogens (tertiary/aromatic N) is 1. The van der Waals surface area contributed by atoms with E-state index in [0.717, 1.165) is 24.8 Å². The third kappa shape index (κ3) is 1.54. The lowest BCUT2D eigenvalue weighted by Crippen LogP contribution is -2.32. The number of aliphatic hydroxyl groups excluding tert-OH is 1. The van der Waals surface area contributed by atoms with Crippen LogP contribution < -0.4 is 0 Å². The van der Waals surface area contributed by atoms with Crippen molar-refractivity contribution >= 4 is 5.76 Å². The Hall–Kier alpha value is -1.75. The van der Waals surface area contributed by atoms with Crippen molar-refractivity contribution in [2.75, 3.05) is 0 Å². The summed E-state index contributed by atoms with van der Waals surface area (Å²) in [7, 11) is 0. The Morgan fingerprint density at radius 2 is 1.83 bits per heavy atom. The maximum absolute atomic E-state index is 10.4. The summed E-state index contributed by atoms with van der Waals surface area (Å²) in [5, 5.41) is 19.8. The van der Waals surface area contributed by atoms with Gasteiger partial charge in [0.15, 0.2) is 0 Å². The smallest absolute Gasteiger partial charge is 0.137 e. The van der Waals surface area contributed by atoms with Gasteiger partial charge in [0.05, 0.1) is 11.6 Å². The molecule has 2 nitrogen and oxygen atoms in total. The van der Waals surface area contributed by atoms with Gasteiger partial charge in [-0.1, -0.05) is 43.5 Å². The molecule has 1 N–H and O–H groups in total. The minimum absolute atomic E-state index is 0.0918. The van der Waals surface area contributed by atoms with Gasteiger partial charge < -0.3 is 5.11 Å². The van der Waals surface area contributed by atoms with Crippen LogP contribution in [0.25, 0.3) is 5.76 Å². The zero-order chi connectivity index (χ0) is 12.6. The SMILES string of the molecule is N#CC1=C(O)c2ccccc2CC12CCCCC2. The first kappa shape index (κ1) is 11.3. The quantitative estimate of drug-likeness (QED) is 0.744. The Bertz CT molecular complexity index is 544. The van der Waals surface area contributed by atoms with Crippen LogP contribution in [-0.4, -0.2) is 5.11 Å². The minimum Gasteiger partial charge on any atom is -0.506 e. The van der Waals surface area contributed by atoms with Crippen LogP contribution in [0.3, 0.4) is 0 Å². The van der Waals surface area contributed by atoms with Crippen molar-refractivity contribution in [3.05, 3.63) is 41.0 Å². The summed E-state index contributed by atoms with van der Waals surface area (Å²) in [5.74, 6) is 0.223. The highest BCUT2D eigenvalue weighted by molar-refractivity contribution is 5.72. The average Bonchev–Trinajstić information content (AvgIpc) is 2.40. The van der Waals surface area contributed by atoms with Crippen LogP contribution in [0.2, 0.25) is 0 Å². The molecule has 2 aliphatic rings. The van der Waals surface area contributed by atoms with Gasteiger partial charge in [0.25, 0.3) is 0 Å². The largest absolute Gasteiger partial charge is 0.506 e. The number of allylic oxidation sites excluding steroid dienone is 1. The van der Waals surface area contributed by atoms with E-state index in [9.17, 15) is 10.4 Å². The number of hydrogen-bond donors (Lipinski definition) is 1. The summed E-state index contributed by atoms with van der Waals surface area (Å²) < 4.78 is 0. The zero-order valence-corrected chi connectivity index (χ0v) is 10.4. The Morgan fingerprint density at radius 1 is 1.11 bits per heavy atom. The molecule has 0 aliphatic heterocycles. The van der Waals surface area contributed by atoms with Crippen molar-refractivity contribution in [3.63, 3.8) is 0 Å². The van der Waals surface area contributed by atoms with Gasteiger partial charge in [-0.25, -0.2) is 0 Å². The molecular formula is C16H17NO. The topological polar surface area (TPSA) is 44.0 Å². The fourth-order valence-corrected chi connectivity index (χ4v) is 3.57. The molecule has 0 aromatic heterocycles. The summed E-state index contributed by atoms with van der Waals surface area (Å²) in [6, 6.07) is 10.2. The predicted octanol–water partition coefficient (Wildman–Crippen LogP) is 3.99. The number of aliphatic hydroxyl groups is 1. The molecule has 1 spiro atoms. The summed E-state index contributed by atoms with van der Waals surface area (Å²) >= 11 is 0. The van der Waals surface area contributed by atoms with Gasteiger partial charge in [-0.15, -0.1) is 0 Å². The first-order valence-electron chi connectivity index (χ1n) is 6.69. The molecule has 0 saturated heterocycles. The number of nitriles is 1. The van der Waals surface area contributed by atoms with E-state index in [1.54, 1.807) is 0 Å². The molecule has 2 heteroatoms. The van der Waals surface area contributed by atoms with Gasteiger partial charge >= 0.3 is 0 Å². The van der Waals surface area contributed by atoms with Crippen LogP contribution in [0.5, 0.6) is 0 Å². The normalized spacial score (nSPS) is 21.5. The van der Waals surface area contributed by atoms with E-state index < -0.39 is 0 Å². The molecule has 0 unspecified atom stereocenters. The van der Waals surface area contributed by atoms with E-state index in [1.807, 2.05) is 18.2 Å². The van der Waals surface area contributed by atoms with Gasteiger partial charge in [0.1, 0.15) is 5.76 Å². The molecule has 1 saturated carbocycles. The van der Waals surface area contributed by atoms with E-state index in [4.69, 9.17) is 0 Å². The van der Waals surface area contributed by atoms with Crippen LogP contribution in [0, 0.1) is 16.7 Å². The summed E-state index contributed by atoms with van der Waals surface area (Å²) in [5.41, 5.74) is 2.58. The molecule has 3 rings (SSSR count). The van der Waals surface area contributed by atoms with E-state index in [-0.39, 0.29) is 11.2 Å². The molecule has 0 heterocycles. The van der Waals surface area contributed by atoms with Crippen LogP contribution >= 0.6 is 0 Å². The number of hydrogen-bond acceptors (Lipinski definition) is 2. The van der Waals surface area contributed by atoms with E-state index in [1.165, 1.54) is 24.8 Å². The van der Waals surface area contributed by atoms with Gasteiger partial charge in [-0.05, 0) is 24.8 Å². The van der Waals surface area contributed by atoms with E-state index in [2.05, 4.69) is 12.1 Å². The lowest BCUT2D eigenvalue weighted by Gasteiger charge is -2.40. The fourth-order valence-electron chi connectivity index (χ4n) is 3.57. The number of fused-ring (bicyclic) bond motifs is 1. The van der Waals surface area contributed by atoms with Gasteiger partial charge in [0.2, 0.25) is 0 Å². The van der Waals surface area contributed by atoms with Crippen molar-refractivity contribution in [1.82, 2.24) is 0 Å². The van der Waals surface area contributed by atoms with Crippen LogP contribution in [0.15, 0.2) is 29.8 Å². The number of rotatable bonds is 0. The van der Waals surface area contributed by atoms with Crippen molar-refractivity contribution in [3.8, 4) is 6.07 Å². The van der Waals surface area contributed by atoms with Crippen molar-refractivity contribution in [2.45, 2.75) is 38.5 Å². The van der Waals surface area contributed by atoms with Crippen molar-refractivity contribution < 1.29 is 5.11 Å². The highest BCUT2D eigenvalue weighted by Gasteiger charge is 2.41. The van der Waals surface area contributed by atoms with Crippen molar-refractivity contribution in [1.29, 1.82) is 5.26 Å². The molecule has 1 aromatic carbocycles. The second kappa shape index (κ2) is 4.17. The molecule has 0 bridgehead atoms. The Morgan fingerprint density at radius 3 is 2.56 bits per heavy atom. The predicted molar refractivity (Wildman–Crippen MR) is 70.8 cm³/mol. The van der Waals surface area contributed by atoms with E-state index in [0.29, 0.717) is 5.57 Å². The highest BCUT2D eigenvalue weighted by atomic mass is 16.3. The number of benzene rings is 1. The highest BCUT2D eigenvalue weighted by Crippen LogP contribution is 2.50. The minimum atomic E-state index is -0.0918. The lowest BCUT2D eigenvalue weighted by atomic mass is 9.62.